The van der Waals surface area contributed by atoms with E-state index in [2.05, 4.69) is 20.9 Å². The number of ether oxygens (including phenoxy) is 1. The number of rotatable bonds is 4. The molecular formula is C14H13BrFNO2. The number of benzene rings is 1. The summed E-state index contributed by atoms with van der Waals surface area (Å²) in [7, 11) is 1.59. The Hall–Kier alpha value is -1.46. The van der Waals surface area contributed by atoms with Crippen molar-refractivity contribution in [2.24, 2.45) is 0 Å². The van der Waals surface area contributed by atoms with Crippen molar-refractivity contribution >= 4 is 15.9 Å². The van der Waals surface area contributed by atoms with Crippen molar-refractivity contribution in [2.45, 2.75) is 12.5 Å². The highest BCUT2D eigenvalue weighted by molar-refractivity contribution is 9.10. The highest BCUT2D eigenvalue weighted by Gasteiger charge is 2.11. The molecule has 2 rings (SSSR count). The molecule has 0 saturated heterocycles. The predicted molar refractivity (Wildman–Crippen MR) is 73.6 cm³/mol. The minimum absolute atomic E-state index is 0.383. The molecule has 0 aliphatic carbocycles. The Morgan fingerprint density at radius 3 is 2.79 bits per heavy atom. The monoisotopic (exact) mass is 325 g/mol. The Morgan fingerprint density at radius 2 is 2.16 bits per heavy atom. The minimum Gasteiger partial charge on any atom is -0.496 e. The third-order valence-electron chi connectivity index (χ3n) is 2.76. The van der Waals surface area contributed by atoms with Crippen LogP contribution in [-0.2, 0) is 6.42 Å². The zero-order valence-corrected chi connectivity index (χ0v) is 11.9. The second kappa shape index (κ2) is 6.12. The molecule has 0 bridgehead atoms. The van der Waals surface area contributed by atoms with E-state index in [1.807, 2.05) is 18.2 Å². The van der Waals surface area contributed by atoms with Gasteiger partial charge in [-0.3, -0.25) is 4.98 Å². The second-order valence-electron chi connectivity index (χ2n) is 4.13. The standard InChI is InChI=1S/C14H13BrFNO2/c1-19-14-3-2-9(4-12(14)15)5-13(18)10-6-11(16)8-17-7-10/h2-4,6-8,13,18H,5H2,1H3. The Morgan fingerprint density at radius 1 is 1.37 bits per heavy atom. The normalized spacial score (nSPS) is 12.2. The van der Waals surface area contributed by atoms with Crippen LogP contribution in [0.5, 0.6) is 5.75 Å². The van der Waals surface area contributed by atoms with Crippen LogP contribution in [0.4, 0.5) is 4.39 Å². The maximum atomic E-state index is 13.0. The van der Waals surface area contributed by atoms with Gasteiger partial charge in [-0.15, -0.1) is 0 Å². The van der Waals surface area contributed by atoms with Crippen molar-refractivity contribution in [3.8, 4) is 5.75 Å². The molecule has 1 heterocycles. The molecule has 0 amide bonds. The zero-order chi connectivity index (χ0) is 13.8. The fourth-order valence-electron chi connectivity index (χ4n) is 1.79. The highest BCUT2D eigenvalue weighted by atomic mass is 79.9. The lowest BCUT2D eigenvalue weighted by atomic mass is 10.0. The van der Waals surface area contributed by atoms with Crippen LogP contribution >= 0.6 is 15.9 Å². The Kier molecular flexibility index (Phi) is 4.50. The lowest BCUT2D eigenvalue weighted by Crippen LogP contribution is -2.03. The van der Waals surface area contributed by atoms with E-state index in [-0.39, 0.29) is 0 Å². The first-order valence-electron chi connectivity index (χ1n) is 5.71. The van der Waals surface area contributed by atoms with Crippen LogP contribution in [0.1, 0.15) is 17.2 Å². The van der Waals surface area contributed by atoms with Crippen LogP contribution in [0.3, 0.4) is 0 Å². The quantitative estimate of drug-likeness (QED) is 0.938. The Labute approximate surface area is 119 Å². The van der Waals surface area contributed by atoms with Crippen LogP contribution in [-0.4, -0.2) is 17.2 Å². The Bertz CT molecular complexity index is 577. The number of pyridine rings is 1. The van der Waals surface area contributed by atoms with Gasteiger partial charge < -0.3 is 9.84 Å². The zero-order valence-electron chi connectivity index (χ0n) is 10.3. The maximum absolute atomic E-state index is 13.0. The summed E-state index contributed by atoms with van der Waals surface area (Å²) in [5.41, 5.74) is 1.39. The van der Waals surface area contributed by atoms with Crippen molar-refractivity contribution in [1.82, 2.24) is 4.98 Å². The molecular weight excluding hydrogens is 313 g/mol. The molecule has 100 valence electrons. The van der Waals surface area contributed by atoms with E-state index in [1.165, 1.54) is 12.3 Å². The topological polar surface area (TPSA) is 42.4 Å². The van der Waals surface area contributed by atoms with E-state index in [9.17, 15) is 9.50 Å². The summed E-state index contributed by atoms with van der Waals surface area (Å²) >= 11 is 3.39. The predicted octanol–water partition coefficient (Wildman–Crippen LogP) is 3.27. The van der Waals surface area contributed by atoms with Crippen LogP contribution in [0.25, 0.3) is 0 Å². The molecule has 5 heteroatoms. The molecule has 1 unspecified atom stereocenters. The summed E-state index contributed by atoms with van der Waals surface area (Å²) in [6.07, 6.45) is 2.17. The molecule has 0 spiro atoms. The number of aliphatic hydroxyl groups excluding tert-OH is 1. The van der Waals surface area contributed by atoms with E-state index >= 15 is 0 Å². The van der Waals surface area contributed by atoms with E-state index < -0.39 is 11.9 Å². The molecule has 1 aromatic carbocycles. The van der Waals surface area contributed by atoms with Crippen molar-refractivity contribution < 1.29 is 14.2 Å². The summed E-state index contributed by atoms with van der Waals surface area (Å²) in [6, 6.07) is 6.83. The first-order chi connectivity index (χ1) is 9.10. The SMILES string of the molecule is COc1ccc(CC(O)c2cncc(F)c2)cc1Br. The van der Waals surface area contributed by atoms with E-state index in [0.717, 1.165) is 22.0 Å². The van der Waals surface area contributed by atoms with Gasteiger partial charge in [-0.05, 0) is 39.7 Å². The lowest BCUT2D eigenvalue weighted by molar-refractivity contribution is 0.177. The van der Waals surface area contributed by atoms with Gasteiger partial charge in [-0.2, -0.15) is 0 Å². The number of aromatic nitrogens is 1. The summed E-state index contributed by atoms with van der Waals surface area (Å²) in [5, 5.41) is 10.1. The molecule has 1 N–H and O–H groups in total. The molecule has 0 aliphatic heterocycles. The fraction of sp³-hybridized carbons (Fsp3) is 0.214. The van der Waals surface area contributed by atoms with Gasteiger partial charge in [0.15, 0.2) is 0 Å². The third kappa shape index (κ3) is 3.52. The van der Waals surface area contributed by atoms with Crippen molar-refractivity contribution in [3.63, 3.8) is 0 Å². The van der Waals surface area contributed by atoms with Crippen LogP contribution in [0.15, 0.2) is 41.1 Å². The molecule has 3 nitrogen and oxygen atoms in total. The molecule has 19 heavy (non-hydrogen) atoms. The van der Waals surface area contributed by atoms with Crippen molar-refractivity contribution in [3.05, 3.63) is 58.1 Å². The first-order valence-corrected chi connectivity index (χ1v) is 6.50. The molecule has 1 atom stereocenters. The van der Waals surface area contributed by atoms with E-state index in [0.29, 0.717) is 12.0 Å². The van der Waals surface area contributed by atoms with Gasteiger partial charge in [0.2, 0.25) is 0 Å². The average molecular weight is 326 g/mol. The lowest BCUT2D eigenvalue weighted by Gasteiger charge is -2.12. The fourth-order valence-corrected chi connectivity index (χ4v) is 2.38. The molecule has 2 aromatic rings. The maximum Gasteiger partial charge on any atom is 0.141 e. The molecule has 0 aliphatic rings. The van der Waals surface area contributed by atoms with E-state index in [1.54, 1.807) is 7.11 Å². The number of hydrogen-bond donors (Lipinski definition) is 1. The van der Waals surface area contributed by atoms with Gasteiger partial charge >= 0.3 is 0 Å². The number of aliphatic hydroxyl groups is 1. The summed E-state index contributed by atoms with van der Waals surface area (Å²) in [5.74, 6) is 0.276. The molecule has 0 radical (unpaired) electrons. The van der Waals surface area contributed by atoms with Crippen LogP contribution in [0.2, 0.25) is 0 Å². The van der Waals surface area contributed by atoms with Gasteiger partial charge in [0, 0.05) is 18.2 Å². The van der Waals surface area contributed by atoms with Crippen molar-refractivity contribution in [1.29, 1.82) is 0 Å². The first kappa shape index (κ1) is 14.0. The largest absolute Gasteiger partial charge is 0.496 e. The summed E-state index contributed by atoms with van der Waals surface area (Å²) < 4.78 is 19.0. The third-order valence-corrected chi connectivity index (χ3v) is 3.38. The number of hydrogen-bond acceptors (Lipinski definition) is 3. The van der Waals surface area contributed by atoms with Gasteiger partial charge in [-0.25, -0.2) is 4.39 Å². The number of halogens is 2. The summed E-state index contributed by atoms with van der Waals surface area (Å²) in [6.45, 7) is 0. The van der Waals surface area contributed by atoms with Gasteiger partial charge in [0.1, 0.15) is 11.6 Å². The van der Waals surface area contributed by atoms with Gasteiger partial charge in [0.05, 0.1) is 23.9 Å². The van der Waals surface area contributed by atoms with Crippen LogP contribution in [0, 0.1) is 5.82 Å². The second-order valence-corrected chi connectivity index (χ2v) is 4.98. The molecule has 0 saturated carbocycles. The minimum atomic E-state index is -0.788. The van der Waals surface area contributed by atoms with E-state index in [4.69, 9.17) is 4.74 Å². The highest BCUT2D eigenvalue weighted by Crippen LogP contribution is 2.27. The molecule has 0 fully saturated rings. The number of methoxy groups -OCH3 is 1. The number of nitrogens with zero attached hydrogens (tertiary/aromatic N) is 1. The van der Waals surface area contributed by atoms with Gasteiger partial charge in [-0.1, -0.05) is 6.07 Å². The summed E-state index contributed by atoms with van der Waals surface area (Å²) in [4.78, 5) is 3.73. The smallest absolute Gasteiger partial charge is 0.141 e. The van der Waals surface area contributed by atoms with Crippen LogP contribution < -0.4 is 4.74 Å². The van der Waals surface area contributed by atoms with Gasteiger partial charge in [0.25, 0.3) is 0 Å². The molecule has 1 aromatic heterocycles. The van der Waals surface area contributed by atoms with Crippen molar-refractivity contribution in [2.75, 3.05) is 7.11 Å². The average Bonchev–Trinajstić information content (AvgIpc) is 2.39. The Balaban J connectivity index is 2.14.